The maximum atomic E-state index is 4.95. The Bertz CT molecular complexity index is 462. The predicted molar refractivity (Wildman–Crippen MR) is 91.1 cm³/mol. The molecule has 2 nitrogen and oxygen atoms in total. The average molecular weight is 307 g/mol. The number of thiazole rings is 1. The number of nitrogens with one attached hydrogen (secondary N) is 1. The highest BCUT2D eigenvalue weighted by Crippen LogP contribution is 2.40. The number of nitrogens with zero attached hydrogens (tertiary/aromatic N) is 1. The van der Waals surface area contributed by atoms with Gasteiger partial charge in [-0.05, 0) is 31.1 Å². The molecule has 1 aromatic rings. The minimum Gasteiger partial charge on any atom is -0.313 e. The van der Waals surface area contributed by atoms with Gasteiger partial charge in [0, 0.05) is 29.8 Å². The summed E-state index contributed by atoms with van der Waals surface area (Å²) in [5, 5.41) is 7.44. The molecule has 0 unspecified atom stereocenters. The quantitative estimate of drug-likeness (QED) is 0.854. The maximum Gasteiger partial charge on any atom is 0.0934 e. The van der Waals surface area contributed by atoms with Crippen molar-refractivity contribution in [1.82, 2.24) is 10.3 Å². The van der Waals surface area contributed by atoms with Crippen molar-refractivity contribution in [3.63, 3.8) is 0 Å². The Kier molecular flexibility index (Phi) is 4.42. The van der Waals surface area contributed by atoms with Crippen LogP contribution in [0.15, 0.2) is 5.38 Å². The Morgan fingerprint density at radius 1 is 1.24 bits per heavy atom. The van der Waals surface area contributed by atoms with Crippen molar-refractivity contribution in [2.24, 2.45) is 5.41 Å². The van der Waals surface area contributed by atoms with Crippen LogP contribution in [0.4, 0.5) is 0 Å². The zero-order chi connectivity index (χ0) is 14.9. The molecule has 2 saturated carbocycles. The molecular weight excluding hydrogens is 276 g/mol. The molecule has 2 aliphatic carbocycles. The van der Waals surface area contributed by atoms with Gasteiger partial charge in [0.05, 0.1) is 10.7 Å². The highest BCUT2D eigenvalue weighted by atomic mass is 32.1. The third-order valence-electron chi connectivity index (χ3n) is 5.10. The molecule has 3 heteroatoms. The summed E-state index contributed by atoms with van der Waals surface area (Å²) in [5.41, 5.74) is 1.93. The summed E-state index contributed by atoms with van der Waals surface area (Å²) in [7, 11) is 0. The van der Waals surface area contributed by atoms with E-state index in [0.29, 0.717) is 5.41 Å². The summed E-state index contributed by atoms with van der Waals surface area (Å²) in [5.74, 6) is 0. The fraction of sp³-hybridized carbons (Fsp3) is 0.833. The molecule has 1 aromatic heterocycles. The van der Waals surface area contributed by atoms with Gasteiger partial charge in [-0.1, -0.05) is 40.0 Å². The van der Waals surface area contributed by atoms with E-state index in [2.05, 4.69) is 31.5 Å². The first-order valence-corrected chi connectivity index (χ1v) is 9.53. The van der Waals surface area contributed by atoms with E-state index >= 15 is 0 Å². The first-order chi connectivity index (χ1) is 9.97. The average Bonchev–Trinajstić information content (AvgIpc) is 3.15. The first-order valence-electron chi connectivity index (χ1n) is 8.65. The number of hydrogen-bond acceptors (Lipinski definition) is 3. The van der Waals surface area contributed by atoms with Crippen molar-refractivity contribution in [2.75, 3.05) is 6.54 Å². The Morgan fingerprint density at radius 3 is 2.52 bits per heavy atom. The van der Waals surface area contributed by atoms with E-state index in [4.69, 9.17) is 4.98 Å². The second-order valence-corrected chi connectivity index (χ2v) is 9.21. The lowest BCUT2D eigenvalue weighted by molar-refractivity contribution is 0.180. The normalized spacial score (nSPS) is 22.4. The lowest BCUT2D eigenvalue weighted by Crippen LogP contribution is -2.38. The van der Waals surface area contributed by atoms with Crippen molar-refractivity contribution in [3.05, 3.63) is 16.1 Å². The Hall–Kier alpha value is -0.410. The highest BCUT2D eigenvalue weighted by Gasteiger charge is 2.35. The fourth-order valence-corrected chi connectivity index (χ4v) is 4.62. The maximum absolute atomic E-state index is 4.95. The monoisotopic (exact) mass is 306 g/mol. The Labute approximate surface area is 133 Å². The van der Waals surface area contributed by atoms with E-state index < -0.39 is 0 Å². The summed E-state index contributed by atoms with van der Waals surface area (Å²) < 4.78 is 0. The summed E-state index contributed by atoms with van der Waals surface area (Å²) in [6.45, 7) is 7.99. The molecule has 118 valence electrons. The van der Waals surface area contributed by atoms with E-state index in [1.54, 1.807) is 0 Å². The minimum absolute atomic E-state index is 0.181. The van der Waals surface area contributed by atoms with E-state index in [-0.39, 0.29) is 5.41 Å². The van der Waals surface area contributed by atoms with Gasteiger partial charge in [-0.25, -0.2) is 4.98 Å². The Balaban J connectivity index is 1.69. The molecule has 1 heterocycles. The standard InChI is InChI=1S/C18H30N2S/c1-17(2,3)15-12-21-16(20-15)11-18(9-5-4-6-10-18)13-19-14-7-8-14/h12,14,19H,4-11,13H2,1-3H3. The van der Waals surface area contributed by atoms with Crippen molar-refractivity contribution in [2.45, 2.75) is 83.6 Å². The number of rotatable bonds is 5. The zero-order valence-corrected chi connectivity index (χ0v) is 14.7. The summed E-state index contributed by atoms with van der Waals surface area (Å²) >= 11 is 1.88. The summed E-state index contributed by atoms with van der Waals surface area (Å²) in [6, 6.07) is 0.824. The molecule has 2 fully saturated rings. The summed E-state index contributed by atoms with van der Waals surface area (Å²) in [6.07, 6.45) is 11.0. The minimum atomic E-state index is 0.181. The van der Waals surface area contributed by atoms with E-state index in [1.807, 2.05) is 11.3 Å². The van der Waals surface area contributed by atoms with E-state index in [0.717, 1.165) is 6.04 Å². The van der Waals surface area contributed by atoms with Crippen LogP contribution in [0.25, 0.3) is 0 Å². The van der Waals surface area contributed by atoms with Gasteiger partial charge in [-0.2, -0.15) is 0 Å². The molecule has 3 rings (SSSR count). The van der Waals surface area contributed by atoms with Gasteiger partial charge in [0.25, 0.3) is 0 Å². The highest BCUT2D eigenvalue weighted by molar-refractivity contribution is 7.09. The second kappa shape index (κ2) is 6.00. The summed E-state index contributed by atoms with van der Waals surface area (Å²) in [4.78, 5) is 4.95. The SMILES string of the molecule is CC(C)(C)c1csc(CC2(CNC3CC3)CCCCC2)n1. The fourth-order valence-electron chi connectivity index (χ4n) is 3.42. The van der Waals surface area contributed by atoms with Crippen LogP contribution < -0.4 is 5.32 Å². The van der Waals surface area contributed by atoms with Gasteiger partial charge in [-0.3, -0.25) is 0 Å². The lowest BCUT2D eigenvalue weighted by atomic mass is 9.72. The van der Waals surface area contributed by atoms with Gasteiger partial charge < -0.3 is 5.32 Å². The Morgan fingerprint density at radius 2 is 1.95 bits per heavy atom. The molecule has 0 spiro atoms. The molecule has 0 amide bonds. The van der Waals surface area contributed by atoms with Crippen LogP contribution in [0.3, 0.4) is 0 Å². The molecule has 0 aromatic carbocycles. The molecule has 0 saturated heterocycles. The molecule has 0 radical (unpaired) electrons. The van der Waals surface area contributed by atoms with Gasteiger partial charge in [-0.15, -0.1) is 11.3 Å². The van der Waals surface area contributed by atoms with E-state index in [9.17, 15) is 0 Å². The third-order valence-corrected chi connectivity index (χ3v) is 5.95. The van der Waals surface area contributed by atoms with Gasteiger partial charge in [0.1, 0.15) is 0 Å². The van der Waals surface area contributed by atoms with Crippen LogP contribution in [-0.2, 0) is 11.8 Å². The van der Waals surface area contributed by atoms with E-state index in [1.165, 1.54) is 68.6 Å². The van der Waals surface area contributed by atoms with Crippen LogP contribution in [0, 0.1) is 5.41 Å². The first kappa shape index (κ1) is 15.5. The predicted octanol–water partition coefficient (Wildman–Crippen LogP) is 4.69. The van der Waals surface area contributed by atoms with Crippen LogP contribution in [0.2, 0.25) is 0 Å². The van der Waals surface area contributed by atoms with Crippen LogP contribution in [0.5, 0.6) is 0 Å². The molecule has 1 N–H and O–H groups in total. The van der Waals surface area contributed by atoms with Crippen molar-refractivity contribution in [3.8, 4) is 0 Å². The van der Waals surface area contributed by atoms with Crippen molar-refractivity contribution in [1.29, 1.82) is 0 Å². The topological polar surface area (TPSA) is 24.9 Å². The van der Waals surface area contributed by atoms with Crippen LogP contribution in [0.1, 0.15) is 76.4 Å². The second-order valence-electron chi connectivity index (χ2n) is 8.27. The largest absolute Gasteiger partial charge is 0.313 e. The molecule has 0 bridgehead atoms. The van der Waals surface area contributed by atoms with Crippen molar-refractivity contribution < 1.29 is 0 Å². The smallest absolute Gasteiger partial charge is 0.0934 e. The molecule has 21 heavy (non-hydrogen) atoms. The van der Waals surface area contributed by atoms with Crippen LogP contribution in [-0.4, -0.2) is 17.6 Å². The van der Waals surface area contributed by atoms with Crippen molar-refractivity contribution >= 4 is 11.3 Å². The molecular formula is C18H30N2S. The third kappa shape index (κ3) is 4.07. The van der Waals surface area contributed by atoms with Gasteiger partial charge in [0.15, 0.2) is 0 Å². The number of hydrogen-bond donors (Lipinski definition) is 1. The van der Waals surface area contributed by atoms with Gasteiger partial charge >= 0.3 is 0 Å². The van der Waals surface area contributed by atoms with Gasteiger partial charge in [0.2, 0.25) is 0 Å². The zero-order valence-electron chi connectivity index (χ0n) is 13.9. The number of aromatic nitrogens is 1. The molecule has 0 aliphatic heterocycles. The van der Waals surface area contributed by atoms with Crippen LogP contribution >= 0.6 is 11.3 Å². The lowest BCUT2D eigenvalue weighted by Gasteiger charge is -2.37. The molecule has 2 aliphatic rings. The molecule has 0 atom stereocenters.